The minimum absolute atomic E-state index is 0. The Bertz CT molecular complexity index is 938. The van der Waals surface area contributed by atoms with Crippen molar-refractivity contribution in [2.45, 2.75) is 29.4 Å². The van der Waals surface area contributed by atoms with Crippen molar-refractivity contribution in [1.82, 2.24) is 30.4 Å². The molecule has 2 aliphatic rings. The van der Waals surface area contributed by atoms with Crippen LogP contribution in [0, 0.1) is 0 Å². The summed E-state index contributed by atoms with van der Waals surface area (Å²) in [6, 6.07) is 0. The van der Waals surface area contributed by atoms with Crippen molar-refractivity contribution in [3.8, 4) is 0 Å². The summed E-state index contributed by atoms with van der Waals surface area (Å²) in [5.74, 6) is -6.93. The number of carbonyl (C=O) groups excluding carboxylic acids is 3. The second-order valence-electron chi connectivity index (χ2n) is 6.33. The molecule has 1 saturated heterocycles. The first-order valence-corrected chi connectivity index (χ1v) is 10.9. The Labute approximate surface area is 215 Å². The van der Waals surface area contributed by atoms with E-state index in [1.165, 1.54) is 4.68 Å². The molecule has 18 heteroatoms. The molecule has 2 N–H and O–H groups in total. The zero-order valence-corrected chi connectivity index (χ0v) is 21.0. The fourth-order valence-electron chi connectivity index (χ4n) is 3.11. The molecule has 13 nitrogen and oxygen atoms in total. The van der Waals surface area contributed by atoms with Crippen molar-refractivity contribution in [2.75, 3.05) is 31.8 Å². The van der Waals surface area contributed by atoms with Gasteiger partial charge in [-0.25, -0.2) is 4.68 Å². The van der Waals surface area contributed by atoms with E-state index in [4.69, 9.17) is 14.6 Å². The molecule has 2 aliphatic heterocycles. The van der Waals surface area contributed by atoms with Crippen LogP contribution in [0.5, 0.6) is 0 Å². The van der Waals surface area contributed by atoms with Crippen LogP contribution in [-0.2, 0) is 30.4 Å². The molecule has 3 heterocycles. The standard InChI is InChI=1S/C15H18F2N6O7S2.Na/c1-29-15(18-8(25)6-31-13(16)17)11(28)23-9(10(26)27)7(4-30-12(15)23)5-32-14-19-20-21-22(14)2-3-24;/h12-13,24H,2-6H2,1H3,(H,18,25)(H,26,27);/q;+1/p-1/t12-,15+;/m0./s1. The van der Waals surface area contributed by atoms with E-state index in [1.54, 1.807) is 0 Å². The van der Waals surface area contributed by atoms with Gasteiger partial charge in [0.25, 0.3) is 17.4 Å². The summed E-state index contributed by atoms with van der Waals surface area (Å²) in [4.78, 5) is 37.4. The number of nitrogens with one attached hydrogen (secondary N) is 1. The van der Waals surface area contributed by atoms with Gasteiger partial charge >= 0.3 is 29.6 Å². The first-order valence-electron chi connectivity index (χ1n) is 8.89. The van der Waals surface area contributed by atoms with Gasteiger partial charge in [0.05, 0.1) is 37.2 Å². The van der Waals surface area contributed by atoms with Crippen LogP contribution < -0.4 is 40.0 Å². The molecule has 1 aromatic heterocycles. The molecule has 0 spiro atoms. The molecule has 0 radical (unpaired) electrons. The van der Waals surface area contributed by atoms with E-state index >= 15 is 0 Å². The first-order chi connectivity index (χ1) is 15.2. The van der Waals surface area contributed by atoms with Gasteiger partial charge in [0.1, 0.15) is 0 Å². The van der Waals surface area contributed by atoms with E-state index in [0.717, 1.165) is 23.8 Å². The van der Waals surface area contributed by atoms with Crippen molar-refractivity contribution in [3.05, 3.63) is 11.3 Å². The minimum atomic E-state index is -2.79. The minimum Gasteiger partial charge on any atom is -0.543 e. The monoisotopic (exact) mass is 518 g/mol. The number of β-lactam (4-membered cyclic amide) rings is 1. The van der Waals surface area contributed by atoms with E-state index in [0.29, 0.717) is 5.16 Å². The Hall–Kier alpha value is -1.34. The SMILES string of the molecule is CO[C@]1(NC(=O)CSC(F)F)C(=O)N2C(C(=O)[O-])=C(CSc3nnnn3CCO)CO[C@H]21.[Na+]. The number of fused-ring (bicyclic) bond motifs is 1. The van der Waals surface area contributed by atoms with Crippen molar-refractivity contribution in [2.24, 2.45) is 0 Å². The third-order valence-electron chi connectivity index (χ3n) is 4.48. The molecule has 3 rings (SSSR count). The second kappa shape index (κ2) is 11.9. The number of methoxy groups -OCH3 is 1. The van der Waals surface area contributed by atoms with Gasteiger partial charge in [0.15, 0.2) is 6.23 Å². The fourth-order valence-corrected chi connectivity index (χ4v) is 4.36. The van der Waals surface area contributed by atoms with E-state index in [-0.39, 0.29) is 72.4 Å². The zero-order chi connectivity index (χ0) is 23.5. The van der Waals surface area contributed by atoms with Crippen LogP contribution in [0.4, 0.5) is 8.78 Å². The maximum atomic E-state index is 12.8. The number of carboxylic acid groups (broad SMARTS) is 1. The fraction of sp³-hybridized carbons (Fsp3) is 0.600. The number of aromatic nitrogens is 4. The molecule has 0 saturated carbocycles. The summed E-state index contributed by atoms with van der Waals surface area (Å²) in [6.45, 7) is -0.330. The van der Waals surface area contributed by atoms with Gasteiger partial charge in [-0.1, -0.05) is 23.5 Å². The van der Waals surface area contributed by atoms with Crippen molar-refractivity contribution >= 4 is 41.3 Å². The van der Waals surface area contributed by atoms with Crippen LogP contribution in [0.3, 0.4) is 0 Å². The number of thioether (sulfide) groups is 2. The summed E-state index contributed by atoms with van der Waals surface area (Å²) in [5.41, 5.74) is -2.32. The second-order valence-corrected chi connectivity index (χ2v) is 8.26. The van der Waals surface area contributed by atoms with Gasteiger partial charge in [-0.3, -0.25) is 14.5 Å². The Morgan fingerprint density at radius 2 is 2.21 bits per heavy atom. The number of aliphatic hydroxyl groups is 1. The van der Waals surface area contributed by atoms with Gasteiger partial charge in [0.2, 0.25) is 11.1 Å². The molecule has 2 amide bonds. The Balaban J connectivity index is 0.00000385. The van der Waals surface area contributed by atoms with Crippen LogP contribution >= 0.6 is 23.5 Å². The number of aliphatic carboxylic acids is 1. The predicted molar refractivity (Wildman–Crippen MR) is 101 cm³/mol. The van der Waals surface area contributed by atoms with Gasteiger partial charge in [-0.05, 0) is 16.0 Å². The average molecular weight is 518 g/mol. The number of alkyl halides is 2. The molecule has 1 aromatic rings. The third kappa shape index (κ3) is 5.67. The molecule has 0 aromatic carbocycles. The van der Waals surface area contributed by atoms with Crippen LogP contribution in [0.1, 0.15) is 0 Å². The summed E-state index contributed by atoms with van der Waals surface area (Å²) in [5, 5.41) is 34.3. The number of nitrogens with zero attached hydrogens (tertiary/aromatic N) is 5. The summed E-state index contributed by atoms with van der Waals surface area (Å²) in [7, 11) is 1.09. The smallest absolute Gasteiger partial charge is 0.543 e. The van der Waals surface area contributed by atoms with Crippen LogP contribution in [-0.4, -0.2) is 97.5 Å². The third-order valence-corrected chi connectivity index (χ3v) is 6.20. The van der Waals surface area contributed by atoms with Crippen LogP contribution in [0.15, 0.2) is 16.4 Å². The molecular weight excluding hydrogens is 501 g/mol. The topological polar surface area (TPSA) is 172 Å². The number of rotatable bonds is 11. The molecule has 0 unspecified atom stereocenters. The van der Waals surface area contributed by atoms with Crippen LogP contribution in [0.25, 0.3) is 0 Å². The Morgan fingerprint density at radius 3 is 2.82 bits per heavy atom. The predicted octanol–water partition coefficient (Wildman–Crippen LogP) is -5.62. The molecule has 2 atom stereocenters. The number of halogens is 2. The molecule has 0 bridgehead atoms. The number of carboxylic acids is 1. The number of hydrogen-bond donors (Lipinski definition) is 2. The number of tetrazole rings is 1. The summed E-state index contributed by atoms with van der Waals surface area (Å²) >= 11 is 1.10. The van der Waals surface area contributed by atoms with Gasteiger partial charge < -0.3 is 29.8 Å². The van der Waals surface area contributed by atoms with Crippen LogP contribution in [0.2, 0.25) is 0 Å². The first kappa shape index (κ1) is 27.9. The number of amides is 2. The van der Waals surface area contributed by atoms with E-state index < -0.39 is 46.9 Å². The van der Waals surface area contributed by atoms with E-state index in [2.05, 4.69) is 20.8 Å². The number of carbonyl (C=O) groups is 3. The van der Waals surface area contributed by atoms with Crippen molar-refractivity contribution in [1.29, 1.82) is 0 Å². The zero-order valence-electron chi connectivity index (χ0n) is 17.4. The van der Waals surface area contributed by atoms with E-state index in [1.807, 2.05) is 0 Å². The maximum Gasteiger partial charge on any atom is 1.00 e. The Kier molecular flexibility index (Phi) is 10.0. The van der Waals surface area contributed by atoms with Gasteiger partial charge in [-0.2, -0.15) is 8.78 Å². The van der Waals surface area contributed by atoms with Gasteiger partial charge in [0, 0.05) is 12.9 Å². The normalized spacial score (nSPS) is 22.0. The number of hydrogen-bond acceptors (Lipinski definition) is 12. The quantitative estimate of drug-likeness (QED) is 0.123. The summed E-state index contributed by atoms with van der Waals surface area (Å²) in [6.07, 6.45) is -1.33. The molecule has 33 heavy (non-hydrogen) atoms. The molecule has 176 valence electrons. The molecular formula is C15H17F2N6NaO7S2. The summed E-state index contributed by atoms with van der Waals surface area (Å²) < 4.78 is 36.6. The van der Waals surface area contributed by atoms with Gasteiger partial charge in [-0.15, -0.1) is 5.10 Å². The Morgan fingerprint density at radius 1 is 1.48 bits per heavy atom. The van der Waals surface area contributed by atoms with E-state index in [9.17, 15) is 28.3 Å². The number of aliphatic hydroxyl groups excluding tert-OH is 1. The largest absolute Gasteiger partial charge is 1.00 e. The average Bonchev–Trinajstić information content (AvgIpc) is 3.20. The number of ether oxygens (including phenoxy) is 2. The van der Waals surface area contributed by atoms with Crippen molar-refractivity contribution in [3.63, 3.8) is 0 Å². The van der Waals surface area contributed by atoms with Crippen molar-refractivity contribution < 1.29 is 72.4 Å². The molecule has 0 aliphatic carbocycles. The maximum absolute atomic E-state index is 12.8. The molecule has 1 fully saturated rings.